The van der Waals surface area contributed by atoms with Gasteiger partial charge in [-0.1, -0.05) is 5.16 Å². The normalized spacial score (nSPS) is 11.7. The van der Waals surface area contributed by atoms with Crippen molar-refractivity contribution in [3.05, 3.63) is 59.9 Å². The predicted molar refractivity (Wildman–Crippen MR) is 79.0 cm³/mol. The third-order valence-corrected chi connectivity index (χ3v) is 3.23. The largest absolute Gasteiger partial charge is 0.409 e. The summed E-state index contributed by atoms with van der Waals surface area (Å²) < 4.78 is 1.90. The highest BCUT2D eigenvalue weighted by atomic mass is 16.4. The molecule has 0 unspecified atom stereocenters. The van der Waals surface area contributed by atoms with Gasteiger partial charge < -0.3 is 15.5 Å². The molecule has 0 amide bonds. The van der Waals surface area contributed by atoms with Crippen LogP contribution in [-0.4, -0.2) is 26.9 Å². The highest BCUT2D eigenvalue weighted by molar-refractivity contribution is 5.97. The molecule has 0 saturated carbocycles. The van der Waals surface area contributed by atoms with Crippen LogP contribution in [0.4, 0.5) is 0 Å². The van der Waals surface area contributed by atoms with Gasteiger partial charge in [-0.2, -0.15) is 0 Å². The van der Waals surface area contributed by atoms with Crippen molar-refractivity contribution in [2.24, 2.45) is 10.9 Å². The molecule has 21 heavy (non-hydrogen) atoms. The van der Waals surface area contributed by atoms with Crippen LogP contribution >= 0.6 is 0 Å². The van der Waals surface area contributed by atoms with Gasteiger partial charge in [-0.25, -0.2) is 4.98 Å². The molecule has 0 aliphatic carbocycles. The fourth-order valence-corrected chi connectivity index (χ4v) is 2.16. The minimum atomic E-state index is 0.0627. The summed E-state index contributed by atoms with van der Waals surface area (Å²) in [6.45, 7) is 0. The molecule has 1 aromatic carbocycles. The van der Waals surface area contributed by atoms with Gasteiger partial charge in [-0.05, 0) is 36.4 Å². The second-order valence-corrected chi connectivity index (χ2v) is 4.52. The van der Waals surface area contributed by atoms with E-state index in [4.69, 9.17) is 10.9 Å². The number of hydrogen-bond donors (Lipinski definition) is 2. The molecule has 0 saturated heterocycles. The lowest BCUT2D eigenvalue weighted by atomic mass is 10.2. The molecule has 6 nitrogen and oxygen atoms in total. The van der Waals surface area contributed by atoms with Gasteiger partial charge in [0, 0.05) is 34.6 Å². The molecule has 3 N–H and O–H groups in total. The van der Waals surface area contributed by atoms with Gasteiger partial charge >= 0.3 is 0 Å². The Morgan fingerprint density at radius 2 is 2.05 bits per heavy atom. The molecule has 0 radical (unpaired) electrons. The Labute approximate surface area is 120 Å². The van der Waals surface area contributed by atoms with Crippen molar-refractivity contribution in [1.82, 2.24) is 9.55 Å². The smallest absolute Gasteiger partial charge is 0.170 e. The predicted octanol–water partition coefficient (Wildman–Crippen LogP) is 1.93. The Morgan fingerprint density at radius 3 is 2.71 bits per heavy atom. The van der Waals surface area contributed by atoms with E-state index in [1.54, 1.807) is 18.2 Å². The first-order valence-corrected chi connectivity index (χ1v) is 6.23. The van der Waals surface area contributed by atoms with Gasteiger partial charge in [0.25, 0.3) is 0 Å². The van der Waals surface area contributed by atoms with Gasteiger partial charge in [0.1, 0.15) is 5.65 Å². The monoisotopic (exact) mass is 280 g/mol. The Morgan fingerprint density at radius 1 is 1.29 bits per heavy atom. The van der Waals surface area contributed by atoms with Crippen LogP contribution < -0.4 is 5.73 Å². The average Bonchev–Trinajstić information content (AvgIpc) is 2.97. The minimum Gasteiger partial charge on any atom is -0.409 e. The Kier molecular flexibility index (Phi) is 3.12. The molecule has 104 valence electrons. The summed E-state index contributed by atoms with van der Waals surface area (Å²) in [5.74, 6) is 0.0627. The maximum atomic E-state index is 10.8. The van der Waals surface area contributed by atoms with Gasteiger partial charge in [-0.3, -0.25) is 4.79 Å². The van der Waals surface area contributed by atoms with Crippen LogP contribution in [0.15, 0.2) is 53.9 Å². The van der Waals surface area contributed by atoms with Gasteiger partial charge in [0.2, 0.25) is 0 Å². The van der Waals surface area contributed by atoms with E-state index < -0.39 is 0 Å². The van der Waals surface area contributed by atoms with E-state index in [-0.39, 0.29) is 5.84 Å². The van der Waals surface area contributed by atoms with Crippen molar-refractivity contribution in [2.75, 3.05) is 0 Å². The molecule has 0 spiro atoms. The molecule has 0 aliphatic heterocycles. The molecule has 2 aromatic heterocycles. The number of aldehydes is 1. The highest BCUT2D eigenvalue weighted by Gasteiger charge is 2.06. The summed E-state index contributed by atoms with van der Waals surface area (Å²) in [6.07, 6.45) is 4.19. The van der Waals surface area contributed by atoms with Crippen LogP contribution in [0.2, 0.25) is 0 Å². The third-order valence-electron chi connectivity index (χ3n) is 3.23. The molecule has 6 heteroatoms. The first-order valence-electron chi connectivity index (χ1n) is 6.23. The van der Waals surface area contributed by atoms with Crippen molar-refractivity contribution in [3.8, 4) is 5.69 Å². The number of oxime groups is 1. The van der Waals surface area contributed by atoms with Gasteiger partial charge in [0.05, 0.1) is 0 Å². The van der Waals surface area contributed by atoms with Crippen LogP contribution in [0.5, 0.6) is 0 Å². The maximum Gasteiger partial charge on any atom is 0.170 e. The fourth-order valence-electron chi connectivity index (χ4n) is 2.16. The summed E-state index contributed by atoms with van der Waals surface area (Å²) in [6, 6.07) is 10.9. The molecular formula is C15H12N4O2. The Balaban J connectivity index is 2.06. The highest BCUT2D eigenvalue weighted by Crippen LogP contribution is 2.19. The van der Waals surface area contributed by atoms with E-state index in [1.807, 2.05) is 29.0 Å². The summed E-state index contributed by atoms with van der Waals surface area (Å²) in [5.41, 5.74) is 8.37. The van der Waals surface area contributed by atoms with Crippen LogP contribution in [0.1, 0.15) is 15.9 Å². The number of aromatic nitrogens is 2. The first kappa shape index (κ1) is 12.9. The summed E-state index contributed by atoms with van der Waals surface area (Å²) in [5, 5.41) is 12.5. The van der Waals surface area contributed by atoms with Crippen molar-refractivity contribution in [2.45, 2.75) is 0 Å². The van der Waals surface area contributed by atoms with E-state index in [9.17, 15) is 4.79 Å². The number of amidine groups is 1. The number of rotatable bonds is 3. The molecule has 0 atom stereocenters. The maximum absolute atomic E-state index is 10.8. The lowest BCUT2D eigenvalue weighted by Gasteiger charge is -2.06. The van der Waals surface area contributed by atoms with Gasteiger partial charge in [0.15, 0.2) is 12.1 Å². The lowest BCUT2D eigenvalue weighted by Crippen LogP contribution is -2.12. The van der Waals surface area contributed by atoms with E-state index in [1.165, 1.54) is 6.20 Å². The molecule has 0 bridgehead atoms. The van der Waals surface area contributed by atoms with Crippen molar-refractivity contribution < 1.29 is 10.0 Å². The number of pyridine rings is 1. The van der Waals surface area contributed by atoms with Crippen LogP contribution in [0.25, 0.3) is 16.7 Å². The standard InChI is InChI=1S/C15H12N4O2/c16-14(18-21)11-1-3-13(4-2-11)19-6-5-12-7-10(9-20)8-17-15(12)19/h1-9,21H,(H2,16,18). The van der Waals surface area contributed by atoms with E-state index in [2.05, 4.69) is 10.1 Å². The number of nitrogens with zero attached hydrogens (tertiary/aromatic N) is 3. The molecule has 3 aromatic rings. The van der Waals surface area contributed by atoms with Crippen molar-refractivity contribution in [1.29, 1.82) is 0 Å². The van der Waals surface area contributed by atoms with Gasteiger partial charge in [-0.15, -0.1) is 0 Å². The van der Waals surface area contributed by atoms with E-state index in [0.29, 0.717) is 11.1 Å². The number of nitrogens with two attached hydrogens (primary N) is 1. The zero-order valence-electron chi connectivity index (χ0n) is 11.0. The van der Waals surface area contributed by atoms with Crippen molar-refractivity contribution >= 4 is 23.2 Å². The molecule has 0 aliphatic rings. The minimum absolute atomic E-state index is 0.0627. The topological polar surface area (TPSA) is 93.5 Å². The van der Waals surface area contributed by atoms with E-state index in [0.717, 1.165) is 23.0 Å². The second kappa shape index (κ2) is 5.09. The third kappa shape index (κ3) is 2.23. The van der Waals surface area contributed by atoms with Crippen LogP contribution in [0.3, 0.4) is 0 Å². The molecule has 3 rings (SSSR count). The number of fused-ring (bicyclic) bond motifs is 1. The second-order valence-electron chi connectivity index (χ2n) is 4.52. The molecule has 0 fully saturated rings. The zero-order valence-corrected chi connectivity index (χ0v) is 11.0. The summed E-state index contributed by atoms with van der Waals surface area (Å²) in [4.78, 5) is 15.1. The lowest BCUT2D eigenvalue weighted by molar-refractivity contribution is 0.112. The molecular weight excluding hydrogens is 268 g/mol. The molecule has 2 heterocycles. The zero-order chi connectivity index (χ0) is 14.8. The number of benzene rings is 1. The first-order chi connectivity index (χ1) is 10.2. The summed E-state index contributed by atoms with van der Waals surface area (Å²) in [7, 11) is 0. The summed E-state index contributed by atoms with van der Waals surface area (Å²) >= 11 is 0. The van der Waals surface area contributed by atoms with E-state index >= 15 is 0 Å². The SMILES string of the molecule is N/C(=N\O)c1ccc(-n2ccc3cc(C=O)cnc32)cc1. The Hall–Kier alpha value is -3.15. The van der Waals surface area contributed by atoms with Crippen LogP contribution in [-0.2, 0) is 0 Å². The number of carbonyl (C=O) groups excluding carboxylic acids is 1. The fraction of sp³-hybridized carbons (Fsp3) is 0. The average molecular weight is 280 g/mol. The Bertz CT molecular complexity index is 835. The number of hydrogen-bond acceptors (Lipinski definition) is 4. The van der Waals surface area contributed by atoms with Crippen molar-refractivity contribution in [3.63, 3.8) is 0 Å². The number of carbonyl (C=O) groups is 1. The van der Waals surface area contributed by atoms with Crippen LogP contribution in [0, 0.1) is 0 Å². The quantitative estimate of drug-likeness (QED) is 0.252.